The number of methoxy groups -OCH3 is 3. The summed E-state index contributed by atoms with van der Waals surface area (Å²) in [5, 5.41) is 2.80. The van der Waals surface area contributed by atoms with Gasteiger partial charge in [-0.3, -0.25) is 0 Å². The second kappa shape index (κ2) is 8.76. The van der Waals surface area contributed by atoms with Crippen molar-refractivity contribution in [3.8, 4) is 17.2 Å². The van der Waals surface area contributed by atoms with E-state index in [2.05, 4.69) is 6.07 Å². The molecule has 4 nitrogen and oxygen atoms in total. The van der Waals surface area contributed by atoms with Gasteiger partial charge in [0.15, 0.2) is 11.5 Å². The summed E-state index contributed by atoms with van der Waals surface area (Å²) in [7, 11) is 4.95. The maximum absolute atomic E-state index is 6.21. The van der Waals surface area contributed by atoms with Gasteiger partial charge in [-0.15, -0.1) is 12.4 Å². The smallest absolute Gasteiger partial charge is 0.160 e. The third-order valence-corrected chi connectivity index (χ3v) is 5.12. The average molecular weight is 430 g/mol. The normalized spacial score (nSPS) is 10.6. The Kier molecular flexibility index (Phi) is 6.36. The Morgan fingerprint density at radius 3 is 2.28 bits per heavy atom. The molecule has 0 amide bonds. The van der Waals surface area contributed by atoms with E-state index < -0.39 is 0 Å². The third kappa shape index (κ3) is 4.04. The van der Waals surface area contributed by atoms with Crippen LogP contribution in [0.4, 0.5) is 0 Å². The van der Waals surface area contributed by atoms with Gasteiger partial charge >= 0.3 is 0 Å². The number of halogens is 2. The van der Waals surface area contributed by atoms with Gasteiger partial charge in [0, 0.05) is 15.8 Å². The molecule has 6 heteroatoms. The first-order valence-corrected chi connectivity index (χ1v) is 9.27. The highest BCUT2D eigenvalue weighted by molar-refractivity contribution is 6.31. The van der Waals surface area contributed by atoms with Gasteiger partial charge < -0.3 is 14.2 Å². The van der Waals surface area contributed by atoms with Crippen molar-refractivity contribution in [2.45, 2.75) is 6.42 Å². The number of pyridine rings is 1. The zero-order valence-corrected chi connectivity index (χ0v) is 17.9. The van der Waals surface area contributed by atoms with E-state index in [4.69, 9.17) is 30.8 Å². The molecule has 0 unspecified atom stereocenters. The predicted molar refractivity (Wildman–Crippen MR) is 120 cm³/mol. The molecule has 0 aliphatic rings. The summed E-state index contributed by atoms with van der Waals surface area (Å²) in [6.45, 7) is 0. The van der Waals surface area contributed by atoms with Crippen LogP contribution < -0.4 is 14.2 Å². The zero-order valence-electron chi connectivity index (χ0n) is 16.4. The Morgan fingerprint density at radius 2 is 1.55 bits per heavy atom. The first-order valence-electron chi connectivity index (χ1n) is 8.89. The summed E-state index contributed by atoms with van der Waals surface area (Å²) in [5.74, 6) is 2.23. The van der Waals surface area contributed by atoms with Gasteiger partial charge in [-0.2, -0.15) is 0 Å². The van der Waals surface area contributed by atoms with Gasteiger partial charge in [0.05, 0.1) is 32.4 Å². The fraction of sp³-hybridized carbons (Fsp3) is 0.174. The van der Waals surface area contributed by atoms with E-state index in [1.165, 1.54) is 5.56 Å². The molecule has 0 radical (unpaired) electrons. The Labute approximate surface area is 180 Å². The van der Waals surface area contributed by atoms with E-state index in [-0.39, 0.29) is 12.4 Å². The van der Waals surface area contributed by atoms with Crippen LogP contribution >= 0.6 is 24.0 Å². The lowest BCUT2D eigenvalue weighted by atomic mass is 9.96. The molecule has 0 spiro atoms. The van der Waals surface area contributed by atoms with Crippen molar-refractivity contribution >= 4 is 45.8 Å². The molecule has 0 saturated carbocycles. The Hall–Kier alpha value is -2.69. The van der Waals surface area contributed by atoms with Gasteiger partial charge in [-0.05, 0) is 60.0 Å². The molecule has 4 rings (SSSR count). The van der Waals surface area contributed by atoms with Crippen LogP contribution in [0.25, 0.3) is 21.8 Å². The predicted octanol–water partition coefficient (Wildman–Crippen LogP) is 6.08. The second-order valence-corrected chi connectivity index (χ2v) is 6.94. The van der Waals surface area contributed by atoms with Crippen LogP contribution in [0, 0.1) is 0 Å². The number of fused-ring (bicyclic) bond motifs is 2. The van der Waals surface area contributed by atoms with Gasteiger partial charge in [-0.1, -0.05) is 23.7 Å². The van der Waals surface area contributed by atoms with Crippen LogP contribution in [0.2, 0.25) is 5.02 Å². The van der Waals surface area contributed by atoms with E-state index in [0.717, 1.165) is 33.1 Å². The maximum atomic E-state index is 6.21. The highest BCUT2D eigenvalue weighted by Gasteiger charge is 2.13. The van der Waals surface area contributed by atoms with Crippen LogP contribution in [0.5, 0.6) is 17.2 Å². The number of rotatable bonds is 5. The van der Waals surface area contributed by atoms with Crippen molar-refractivity contribution in [3.63, 3.8) is 0 Å². The molecule has 29 heavy (non-hydrogen) atoms. The number of aromatic nitrogens is 1. The molecule has 0 fully saturated rings. The van der Waals surface area contributed by atoms with Gasteiger partial charge in [0.25, 0.3) is 0 Å². The van der Waals surface area contributed by atoms with Crippen molar-refractivity contribution in [3.05, 3.63) is 70.7 Å². The number of hydrogen-bond donors (Lipinski definition) is 0. The lowest BCUT2D eigenvalue weighted by Gasteiger charge is -2.14. The standard InChI is InChI=1S/C23H20ClNO3.ClH/c1-26-16-6-8-20-19(13-16)18(17-7-5-15(24)12-21(17)25-20)10-14-4-9-22(27-2)23(11-14)28-3;/h4-9,11-13H,10H2,1-3H3;1H. The lowest BCUT2D eigenvalue weighted by molar-refractivity contribution is 0.354. The lowest BCUT2D eigenvalue weighted by Crippen LogP contribution is -1.97. The summed E-state index contributed by atoms with van der Waals surface area (Å²) >= 11 is 6.21. The minimum Gasteiger partial charge on any atom is -0.497 e. The molecule has 0 saturated heterocycles. The number of nitrogens with zero attached hydrogens (tertiary/aromatic N) is 1. The summed E-state index contributed by atoms with van der Waals surface area (Å²) < 4.78 is 16.3. The van der Waals surface area contributed by atoms with E-state index in [0.29, 0.717) is 22.9 Å². The number of hydrogen-bond acceptors (Lipinski definition) is 4. The van der Waals surface area contributed by atoms with Crippen molar-refractivity contribution in [1.82, 2.24) is 4.98 Å². The van der Waals surface area contributed by atoms with Crippen molar-refractivity contribution in [2.24, 2.45) is 0 Å². The minimum absolute atomic E-state index is 0. The fourth-order valence-electron chi connectivity index (χ4n) is 3.49. The molecule has 0 N–H and O–H groups in total. The molecule has 1 heterocycles. The van der Waals surface area contributed by atoms with Crippen LogP contribution in [-0.2, 0) is 6.42 Å². The summed E-state index contributed by atoms with van der Waals surface area (Å²) in [5.41, 5.74) is 4.07. The van der Waals surface area contributed by atoms with Crippen molar-refractivity contribution in [1.29, 1.82) is 0 Å². The van der Waals surface area contributed by atoms with E-state index in [1.807, 2.05) is 48.5 Å². The molecular formula is C23H21Cl2NO3. The number of benzene rings is 3. The van der Waals surface area contributed by atoms with Crippen LogP contribution in [-0.4, -0.2) is 26.3 Å². The molecule has 4 aromatic rings. The molecule has 3 aromatic carbocycles. The monoisotopic (exact) mass is 429 g/mol. The first kappa shape index (κ1) is 21.0. The van der Waals surface area contributed by atoms with Gasteiger partial charge in [0.2, 0.25) is 0 Å². The van der Waals surface area contributed by atoms with Crippen LogP contribution in [0.1, 0.15) is 11.1 Å². The van der Waals surface area contributed by atoms with Crippen LogP contribution in [0.3, 0.4) is 0 Å². The van der Waals surface area contributed by atoms with Gasteiger partial charge in [0.1, 0.15) is 5.75 Å². The average Bonchev–Trinajstić information content (AvgIpc) is 2.72. The summed E-state index contributed by atoms with van der Waals surface area (Å²) in [6, 6.07) is 17.7. The summed E-state index contributed by atoms with van der Waals surface area (Å²) in [6.07, 6.45) is 0.713. The Morgan fingerprint density at radius 1 is 0.759 bits per heavy atom. The highest BCUT2D eigenvalue weighted by atomic mass is 35.5. The third-order valence-electron chi connectivity index (χ3n) is 4.88. The maximum Gasteiger partial charge on any atom is 0.160 e. The topological polar surface area (TPSA) is 40.6 Å². The zero-order chi connectivity index (χ0) is 19.7. The molecule has 0 bridgehead atoms. The number of ether oxygens (including phenoxy) is 3. The SMILES string of the molecule is COc1ccc2nc3cc(Cl)ccc3c(Cc3ccc(OC)c(OC)c3)c2c1.Cl. The van der Waals surface area contributed by atoms with Crippen LogP contribution in [0.15, 0.2) is 54.6 Å². The Balaban J connectivity index is 0.00000240. The van der Waals surface area contributed by atoms with E-state index >= 15 is 0 Å². The highest BCUT2D eigenvalue weighted by Crippen LogP contribution is 2.34. The van der Waals surface area contributed by atoms with E-state index in [1.54, 1.807) is 21.3 Å². The Bertz CT molecular complexity index is 1180. The van der Waals surface area contributed by atoms with Crippen molar-refractivity contribution < 1.29 is 14.2 Å². The van der Waals surface area contributed by atoms with Gasteiger partial charge in [-0.25, -0.2) is 4.98 Å². The molecule has 1 aromatic heterocycles. The fourth-order valence-corrected chi connectivity index (χ4v) is 3.66. The largest absolute Gasteiger partial charge is 0.497 e. The molecule has 0 atom stereocenters. The summed E-state index contributed by atoms with van der Waals surface area (Å²) in [4.78, 5) is 4.79. The molecule has 0 aliphatic carbocycles. The second-order valence-electron chi connectivity index (χ2n) is 6.50. The van der Waals surface area contributed by atoms with E-state index in [9.17, 15) is 0 Å². The quantitative estimate of drug-likeness (QED) is 0.360. The molecule has 0 aliphatic heterocycles. The molecule has 150 valence electrons. The molecular weight excluding hydrogens is 409 g/mol. The van der Waals surface area contributed by atoms with Crippen molar-refractivity contribution in [2.75, 3.05) is 21.3 Å². The minimum atomic E-state index is 0. The first-order chi connectivity index (χ1) is 13.6.